The highest BCUT2D eigenvalue weighted by Gasteiger charge is 2.26. The van der Waals surface area contributed by atoms with Crippen molar-refractivity contribution in [2.24, 2.45) is 4.99 Å². The molecule has 0 saturated carbocycles. The monoisotopic (exact) mass is 249 g/mol. The summed E-state index contributed by atoms with van der Waals surface area (Å²) in [4.78, 5) is 20.7. The molecule has 0 fully saturated rings. The van der Waals surface area contributed by atoms with Gasteiger partial charge in [0.2, 0.25) is 0 Å². The first kappa shape index (κ1) is 12.8. The average Bonchev–Trinajstić information content (AvgIpc) is 2.65. The third kappa shape index (κ3) is 2.44. The molecule has 0 amide bonds. The van der Waals surface area contributed by atoms with Gasteiger partial charge >= 0.3 is 5.97 Å². The smallest absolute Gasteiger partial charge is 0.359 e. The highest BCUT2D eigenvalue weighted by Crippen LogP contribution is 2.18. The van der Waals surface area contributed by atoms with E-state index in [-0.39, 0.29) is 5.97 Å². The summed E-state index contributed by atoms with van der Waals surface area (Å²) in [6.45, 7) is 9.10. The van der Waals surface area contributed by atoms with Crippen LogP contribution >= 0.6 is 0 Å². The largest absolute Gasteiger partial charge is 0.455 e. The molecule has 0 spiro atoms. The van der Waals surface area contributed by atoms with Crippen LogP contribution in [0, 0.1) is 0 Å². The Kier molecular flexibility index (Phi) is 3.24. The van der Waals surface area contributed by atoms with Crippen LogP contribution in [0.25, 0.3) is 0 Å². The van der Waals surface area contributed by atoms with Gasteiger partial charge in [-0.2, -0.15) is 0 Å². The van der Waals surface area contributed by atoms with E-state index in [4.69, 9.17) is 4.74 Å². The number of rotatable bonds is 2. The number of hydrogen-bond donors (Lipinski definition) is 0. The molecule has 5 nitrogen and oxygen atoms in total. The molecule has 2 rings (SSSR count). The molecule has 0 unspecified atom stereocenters. The second kappa shape index (κ2) is 4.55. The standard InChI is InChI=1S/C13H19N3O2/c1-5-10-15-11(12(17)18-13(2,3)4)9-8-14-6-7-16(9)10/h8H,5-7H2,1-4H3. The number of ether oxygens (including phenoxy) is 1. The van der Waals surface area contributed by atoms with Gasteiger partial charge < -0.3 is 9.30 Å². The van der Waals surface area contributed by atoms with Gasteiger partial charge in [0.15, 0.2) is 5.69 Å². The fraction of sp³-hybridized carbons (Fsp3) is 0.615. The molecular weight excluding hydrogens is 230 g/mol. The molecular formula is C13H19N3O2. The average molecular weight is 249 g/mol. The topological polar surface area (TPSA) is 56.5 Å². The Hall–Kier alpha value is -1.65. The first-order valence-electron chi connectivity index (χ1n) is 6.25. The number of aliphatic imine (C=N–C) groups is 1. The van der Waals surface area contributed by atoms with Crippen LogP contribution in [0.2, 0.25) is 0 Å². The van der Waals surface area contributed by atoms with Crippen molar-refractivity contribution in [2.45, 2.75) is 46.3 Å². The fourth-order valence-corrected chi connectivity index (χ4v) is 1.95. The van der Waals surface area contributed by atoms with Crippen LogP contribution in [0.4, 0.5) is 0 Å². The maximum Gasteiger partial charge on any atom is 0.359 e. The molecule has 0 atom stereocenters. The summed E-state index contributed by atoms with van der Waals surface area (Å²) in [6.07, 6.45) is 2.51. The highest BCUT2D eigenvalue weighted by atomic mass is 16.6. The summed E-state index contributed by atoms with van der Waals surface area (Å²) in [5.41, 5.74) is 0.642. The molecule has 0 N–H and O–H groups in total. The van der Waals surface area contributed by atoms with Gasteiger partial charge in [0, 0.05) is 19.2 Å². The Morgan fingerprint density at radius 3 is 2.83 bits per heavy atom. The predicted molar refractivity (Wildman–Crippen MR) is 69.2 cm³/mol. The van der Waals surface area contributed by atoms with Crippen molar-refractivity contribution in [1.29, 1.82) is 0 Å². The second-order valence-corrected chi connectivity index (χ2v) is 5.30. The summed E-state index contributed by atoms with van der Waals surface area (Å²) in [5, 5.41) is 0. The Morgan fingerprint density at radius 2 is 2.22 bits per heavy atom. The maximum atomic E-state index is 12.1. The first-order valence-corrected chi connectivity index (χ1v) is 6.25. The molecule has 0 aromatic carbocycles. The zero-order chi connectivity index (χ0) is 13.3. The summed E-state index contributed by atoms with van der Waals surface area (Å²) in [5.74, 6) is 0.538. The Bertz CT molecular complexity index is 495. The lowest BCUT2D eigenvalue weighted by Gasteiger charge is -2.19. The molecule has 18 heavy (non-hydrogen) atoms. The van der Waals surface area contributed by atoms with Gasteiger partial charge in [-0.3, -0.25) is 4.99 Å². The number of hydrogen-bond acceptors (Lipinski definition) is 4. The Labute approximate surface area is 107 Å². The van der Waals surface area contributed by atoms with Crippen LogP contribution in [0.1, 0.15) is 49.7 Å². The Morgan fingerprint density at radius 1 is 1.50 bits per heavy atom. The number of carbonyl (C=O) groups is 1. The number of carbonyl (C=O) groups excluding carboxylic acids is 1. The van der Waals surface area contributed by atoms with Crippen molar-refractivity contribution in [1.82, 2.24) is 9.55 Å². The van der Waals surface area contributed by atoms with E-state index in [9.17, 15) is 4.79 Å². The SMILES string of the molecule is CCc1nc(C(=O)OC(C)(C)C)c2n1CCN=C2. The molecule has 0 radical (unpaired) electrons. The number of nitrogens with zero attached hydrogens (tertiary/aromatic N) is 3. The van der Waals surface area contributed by atoms with Crippen molar-refractivity contribution < 1.29 is 9.53 Å². The van der Waals surface area contributed by atoms with E-state index >= 15 is 0 Å². The van der Waals surface area contributed by atoms with E-state index in [1.54, 1.807) is 6.21 Å². The molecule has 1 aliphatic heterocycles. The van der Waals surface area contributed by atoms with Gasteiger partial charge in [-0.05, 0) is 20.8 Å². The molecule has 98 valence electrons. The molecule has 1 aromatic heterocycles. The van der Waals surface area contributed by atoms with E-state index in [1.165, 1.54) is 0 Å². The lowest BCUT2D eigenvalue weighted by molar-refractivity contribution is 0.00630. The minimum absolute atomic E-state index is 0.376. The third-order valence-electron chi connectivity index (χ3n) is 2.66. The minimum Gasteiger partial charge on any atom is -0.455 e. The quantitative estimate of drug-likeness (QED) is 0.751. The van der Waals surface area contributed by atoms with E-state index in [1.807, 2.05) is 32.3 Å². The van der Waals surface area contributed by atoms with Crippen LogP contribution in [0.3, 0.4) is 0 Å². The van der Waals surface area contributed by atoms with E-state index in [0.29, 0.717) is 5.69 Å². The van der Waals surface area contributed by atoms with Crippen LogP contribution in [0.5, 0.6) is 0 Å². The minimum atomic E-state index is -0.508. The number of imidazole rings is 1. The maximum absolute atomic E-state index is 12.1. The lowest BCUT2D eigenvalue weighted by atomic mass is 10.2. The van der Waals surface area contributed by atoms with Crippen LogP contribution < -0.4 is 0 Å². The van der Waals surface area contributed by atoms with Gasteiger partial charge in [0.05, 0.1) is 12.2 Å². The van der Waals surface area contributed by atoms with Gasteiger partial charge in [0.1, 0.15) is 11.4 Å². The number of aryl methyl sites for hydroxylation is 1. The second-order valence-electron chi connectivity index (χ2n) is 5.30. The summed E-state index contributed by atoms with van der Waals surface area (Å²) < 4.78 is 7.42. The third-order valence-corrected chi connectivity index (χ3v) is 2.66. The molecule has 5 heteroatoms. The summed E-state index contributed by atoms with van der Waals surface area (Å²) in [7, 11) is 0. The number of esters is 1. The fourth-order valence-electron chi connectivity index (χ4n) is 1.95. The van der Waals surface area contributed by atoms with Gasteiger partial charge in [0.25, 0.3) is 0 Å². The van der Waals surface area contributed by atoms with Crippen LogP contribution in [-0.4, -0.2) is 33.9 Å². The zero-order valence-electron chi connectivity index (χ0n) is 11.4. The van der Waals surface area contributed by atoms with Gasteiger partial charge in [-0.25, -0.2) is 9.78 Å². The zero-order valence-corrected chi connectivity index (χ0v) is 11.4. The predicted octanol–water partition coefficient (Wildman–Crippen LogP) is 1.83. The molecule has 1 aliphatic rings. The van der Waals surface area contributed by atoms with Crippen molar-refractivity contribution in [3.8, 4) is 0 Å². The summed E-state index contributed by atoms with van der Waals surface area (Å²) in [6, 6.07) is 0. The molecule has 0 aliphatic carbocycles. The lowest BCUT2D eigenvalue weighted by Crippen LogP contribution is -2.25. The van der Waals surface area contributed by atoms with E-state index in [2.05, 4.69) is 9.98 Å². The Balaban J connectivity index is 2.37. The van der Waals surface area contributed by atoms with Crippen LogP contribution in [0.15, 0.2) is 4.99 Å². The molecule has 0 bridgehead atoms. The van der Waals surface area contributed by atoms with Crippen LogP contribution in [-0.2, 0) is 17.7 Å². The van der Waals surface area contributed by atoms with E-state index in [0.717, 1.165) is 31.0 Å². The summed E-state index contributed by atoms with van der Waals surface area (Å²) >= 11 is 0. The highest BCUT2D eigenvalue weighted by molar-refractivity contribution is 5.97. The normalized spacial score (nSPS) is 14.4. The van der Waals surface area contributed by atoms with Gasteiger partial charge in [-0.15, -0.1) is 0 Å². The van der Waals surface area contributed by atoms with E-state index < -0.39 is 5.60 Å². The van der Waals surface area contributed by atoms with Crippen molar-refractivity contribution >= 4 is 12.2 Å². The number of aromatic nitrogens is 2. The number of fused-ring (bicyclic) bond motifs is 1. The van der Waals surface area contributed by atoms with Crippen molar-refractivity contribution in [3.05, 3.63) is 17.2 Å². The molecule has 0 saturated heterocycles. The van der Waals surface area contributed by atoms with Crippen molar-refractivity contribution in [2.75, 3.05) is 6.54 Å². The first-order chi connectivity index (χ1) is 8.42. The van der Waals surface area contributed by atoms with Crippen molar-refractivity contribution in [3.63, 3.8) is 0 Å². The molecule has 2 heterocycles. The molecule has 1 aromatic rings. The van der Waals surface area contributed by atoms with Gasteiger partial charge in [-0.1, -0.05) is 6.92 Å².